The maximum Gasteiger partial charge on any atom is 0.243 e. The fourth-order valence-corrected chi connectivity index (χ4v) is 5.08. The molecule has 1 heterocycles. The largest absolute Gasteiger partial charge is 0.494 e. The van der Waals surface area contributed by atoms with Crippen molar-refractivity contribution in [1.29, 1.82) is 0 Å². The number of anilines is 1. The lowest BCUT2D eigenvalue weighted by atomic mass is 9.98. The van der Waals surface area contributed by atoms with Crippen molar-refractivity contribution in [1.82, 2.24) is 4.31 Å². The highest BCUT2D eigenvalue weighted by Gasteiger charge is 2.34. The second-order valence-electron chi connectivity index (χ2n) is 7.15. The number of hydrogen-bond acceptors (Lipinski definition) is 4. The van der Waals surface area contributed by atoms with E-state index in [9.17, 15) is 22.0 Å². The van der Waals surface area contributed by atoms with Gasteiger partial charge in [-0.25, -0.2) is 17.2 Å². The summed E-state index contributed by atoms with van der Waals surface area (Å²) in [6.45, 7) is 4.29. The van der Waals surface area contributed by atoms with Gasteiger partial charge in [-0.3, -0.25) is 4.79 Å². The molecule has 0 bridgehead atoms. The predicted octanol–water partition coefficient (Wildman–Crippen LogP) is 3.71. The number of amides is 1. The van der Waals surface area contributed by atoms with Gasteiger partial charge in [-0.15, -0.1) is 0 Å². The van der Waals surface area contributed by atoms with Crippen LogP contribution in [0.2, 0.25) is 0 Å². The summed E-state index contributed by atoms with van der Waals surface area (Å²) in [7, 11) is -3.82. The Balaban J connectivity index is 1.76. The Morgan fingerprint density at radius 1 is 1.23 bits per heavy atom. The Bertz CT molecular complexity index is 1020. The van der Waals surface area contributed by atoms with Gasteiger partial charge in [0.1, 0.15) is 23.1 Å². The van der Waals surface area contributed by atoms with Crippen LogP contribution in [0.1, 0.15) is 25.3 Å². The van der Waals surface area contributed by atoms with Crippen LogP contribution in [0.25, 0.3) is 0 Å². The fraction of sp³-hybridized carbons (Fsp3) is 0.381. The van der Waals surface area contributed by atoms with E-state index in [1.165, 1.54) is 16.4 Å². The van der Waals surface area contributed by atoms with Crippen molar-refractivity contribution in [3.63, 3.8) is 0 Å². The first-order chi connectivity index (χ1) is 14.2. The summed E-state index contributed by atoms with van der Waals surface area (Å²) in [6, 6.07) is 7.93. The molecule has 162 valence electrons. The summed E-state index contributed by atoms with van der Waals surface area (Å²) in [4.78, 5) is 12.7. The zero-order chi connectivity index (χ0) is 21.9. The number of nitrogens with one attached hydrogen (secondary N) is 1. The average molecular weight is 438 g/mol. The Labute approximate surface area is 174 Å². The number of ether oxygens (including phenoxy) is 1. The molecule has 1 atom stereocenters. The van der Waals surface area contributed by atoms with Crippen LogP contribution in [0.4, 0.5) is 14.5 Å². The van der Waals surface area contributed by atoms with Crippen LogP contribution in [-0.4, -0.2) is 38.3 Å². The van der Waals surface area contributed by atoms with E-state index in [4.69, 9.17) is 4.74 Å². The van der Waals surface area contributed by atoms with Gasteiger partial charge in [0.15, 0.2) is 0 Å². The highest BCUT2D eigenvalue weighted by Crippen LogP contribution is 2.28. The Morgan fingerprint density at radius 2 is 1.93 bits per heavy atom. The zero-order valence-electron chi connectivity index (χ0n) is 16.8. The number of carbonyl (C=O) groups excluding carboxylic acids is 1. The minimum atomic E-state index is -3.82. The normalized spacial score (nSPS) is 17.5. The minimum absolute atomic E-state index is 0.0590. The molecule has 30 heavy (non-hydrogen) atoms. The lowest BCUT2D eigenvalue weighted by Crippen LogP contribution is -2.43. The van der Waals surface area contributed by atoms with Crippen molar-refractivity contribution in [3.8, 4) is 5.75 Å². The average Bonchev–Trinajstić information content (AvgIpc) is 2.72. The van der Waals surface area contributed by atoms with Gasteiger partial charge >= 0.3 is 0 Å². The van der Waals surface area contributed by atoms with Gasteiger partial charge < -0.3 is 10.1 Å². The van der Waals surface area contributed by atoms with E-state index in [0.717, 1.165) is 12.1 Å². The second kappa shape index (κ2) is 9.09. The molecule has 1 aliphatic rings. The van der Waals surface area contributed by atoms with Gasteiger partial charge in [-0.05, 0) is 62.6 Å². The number of halogens is 2. The van der Waals surface area contributed by atoms with Crippen molar-refractivity contribution < 1.29 is 26.7 Å². The molecule has 2 aromatic carbocycles. The van der Waals surface area contributed by atoms with E-state index in [-0.39, 0.29) is 18.0 Å². The second-order valence-corrected chi connectivity index (χ2v) is 9.09. The summed E-state index contributed by atoms with van der Waals surface area (Å²) in [5.41, 5.74) is 0.170. The summed E-state index contributed by atoms with van der Waals surface area (Å²) in [5, 5.41) is 2.26. The third-order valence-corrected chi connectivity index (χ3v) is 6.91. The minimum Gasteiger partial charge on any atom is -0.494 e. The monoisotopic (exact) mass is 438 g/mol. The van der Waals surface area contributed by atoms with Crippen molar-refractivity contribution in [3.05, 3.63) is 53.6 Å². The standard InChI is InChI=1S/C21H24F2N2O4S/c1-3-29-19-10-9-16(12-14(19)2)30(27,28)25-11-5-6-15(13-25)21(26)24-20-17(22)7-4-8-18(20)23/h4,7-10,12,15H,3,5-6,11,13H2,1-2H3,(H,24,26)/t15-/m1/s1. The molecule has 1 N–H and O–H groups in total. The molecule has 0 radical (unpaired) electrons. The number of nitrogens with zero attached hydrogens (tertiary/aromatic N) is 1. The molecule has 1 aliphatic heterocycles. The number of carbonyl (C=O) groups is 1. The van der Waals surface area contributed by atoms with Crippen LogP contribution < -0.4 is 10.1 Å². The van der Waals surface area contributed by atoms with Crippen LogP contribution in [0.3, 0.4) is 0 Å². The maximum absolute atomic E-state index is 13.8. The number of piperidine rings is 1. The van der Waals surface area contributed by atoms with Gasteiger partial charge in [0.05, 0.1) is 17.4 Å². The molecule has 2 aromatic rings. The number of para-hydroxylation sites is 1. The van der Waals surface area contributed by atoms with Gasteiger partial charge in [-0.2, -0.15) is 4.31 Å². The number of rotatable bonds is 6. The highest BCUT2D eigenvalue weighted by atomic mass is 32.2. The van der Waals surface area contributed by atoms with Gasteiger partial charge in [0, 0.05) is 13.1 Å². The number of aryl methyl sites for hydroxylation is 1. The molecular formula is C21H24F2N2O4S. The summed E-state index contributed by atoms with van der Waals surface area (Å²) < 4.78 is 60.5. The van der Waals surface area contributed by atoms with E-state index >= 15 is 0 Å². The van der Waals surface area contributed by atoms with Crippen LogP contribution >= 0.6 is 0 Å². The van der Waals surface area contributed by atoms with E-state index in [1.807, 2.05) is 6.92 Å². The first-order valence-corrected chi connectivity index (χ1v) is 11.2. The van der Waals surface area contributed by atoms with Gasteiger partial charge in [0.25, 0.3) is 0 Å². The van der Waals surface area contributed by atoms with Crippen molar-refractivity contribution in [2.75, 3.05) is 25.0 Å². The van der Waals surface area contributed by atoms with E-state index in [0.29, 0.717) is 30.8 Å². The fourth-order valence-electron chi connectivity index (χ4n) is 3.47. The molecule has 1 amide bonds. The van der Waals surface area contributed by atoms with Crippen molar-refractivity contribution in [2.24, 2.45) is 5.92 Å². The molecule has 0 spiro atoms. The first kappa shape index (κ1) is 22.2. The molecule has 9 heteroatoms. The number of benzene rings is 2. The van der Waals surface area contributed by atoms with Crippen LogP contribution in [0.5, 0.6) is 5.75 Å². The lowest BCUT2D eigenvalue weighted by Gasteiger charge is -2.31. The number of hydrogen-bond donors (Lipinski definition) is 1. The van der Waals surface area contributed by atoms with Gasteiger partial charge in [-0.1, -0.05) is 6.07 Å². The lowest BCUT2D eigenvalue weighted by molar-refractivity contribution is -0.120. The topological polar surface area (TPSA) is 75.7 Å². The SMILES string of the molecule is CCOc1ccc(S(=O)(=O)N2CCC[C@@H](C(=O)Nc3c(F)cccc3F)C2)cc1C. The van der Waals surface area contributed by atoms with Crippen molar-refractivity contribution in [2.45, 2.75) is 31.6 Å². The van der Waals surface area contributed by atoms with Crippen LogP contribution in [0.15, 0.2) is 41.3 Å². The molecule has 0 saturated carbocycles. The third-order valence-electron chi connectivity index (χ3n) is 5.05. The van der Waals surface area contributed by atoms with Crippen LogP contribution in [-0.2, 0) is 14.8 Å². The molecule has 0 aliphatic carbocycles. The highest BCUT2D eigenvalue weighted by molar-refractivity contribution is 7.89. The number of sulfonamides is 1. The van der Waals surface area contributed by atoms with E-state index < -0.39 is 39.2 Å². The molecule has 1 saturated heterocycles. The first-order valence-electron chi connectivity index (χ1n) is 9.72. The summed E-state index contributed by atoms with van der Waals surface area (Å²) in [6.07, 6.45) is 0.892. The predicted molar refractivity (Wildman–Crippen MR) is 109 cm³/mol. The Morgan fingerprint density at radius 3 is 2.57 bits per heavy atom. The summed E-state index contributed by atoms with van der Waals surface area (Å²) in [5.74, 6) is -2.47. The molecule has 3 rings (SSSR count). The maximum atomic E-state index is 13.8. The summed E-state index contributed by atoms with van der Waals surface area (Å²) >= 11 is 0. The van der Waals surface area contributed by atoms with Crippen LogP contribution in [0, 0.1) is 24.5 Å². The van der Waals surface area contributed by atoms with Crippen molar-refractivity contribution >= 4 is 21.6 Å². The Hall–Kier alpha value is -2.52. The van der Waals surface area contributed by atoms with Gasteiger partial charge in [0.2, 0.25) is 15.9 Å². The zero-order valence-corrected chi connectivity index (χ0v) is 17.6. The Kier molecular flexibility index (Phi) is 6.72. The smallest absolute Gasteiger partial charge is 0.243 e. The molecule has 0 aromatic heterocycles. The van der Waals surface area contributed by atoms with E-state index in [2.05, 4.69) is 5.32 Å². The molecule has 1 fully saturated rings. The quantitative estimate of drug-likeness (QED) is 0.746. The third kappa shape index (κ3) is 4.62. The molecule has 6 nitrogen and oxygen atoms in total. The van der Waals surface area contributed by atoms with E-state index in [1.54, 1.807) is 19.1 Å². The molecular weight excluding hydrogens is 414 g/mol. The molecule has 0 unspecified atom stereocenters.